The summed E-state index contributed by atoms with van der Waals surface area (Å²) in [4.78, 5) is 15.5. The molecule has 0 saturated heterocycles. The highest BCUT2D eigenvalue weighted by molar-refractivity contribution is 5.93. The van der Waals surface area contributed by atoms with Crippen LogP contribution in [0.5, 0.6) is 0 Å². The molecule has 0 saturated carbocycles. The van der Waals surface area contributed by atoms with Gasteiger partial charge in [-0.05, 0) is 24.6 Å². The van der Waals surface area contributed by atoms with E-state index in [0.29, 0.717) is 12.0 Å². The highest BCUT2D eigenvalue weighted by Gasteiger charge is 2.08. The van der Waals surface area contributed by atoms with Crippen LogP contribution in [-0.2, 0) is 6.42 Å². The van der Waals surface area contributed by atoms with Gasteiger partial charge in [-0.1, -0.05) is 29.8 Å². The van der Waals surface area contributed by atoms with Crippen LogP contribution in [0.15, 0.2) is 42.6 Å². The van der Waals surface area contributed by atoms with E-state index in [1.807, 2.05) is 31.2 Å². The van der Waals surface area contributed by atoms with Gasteiger partial charge in [0.25, 0.3) is 5.91 Å². The fraction of sp³-hybridized carbons (Fsp3) is 0.143. The number of nitrogens with two attached hydrogens (primary N) is 1. The monoisotopic (exact) mass is 226 g/mol. The quantitative estimate of drug-likeness (QED) is 0.871. The number of carbonyl (C=O) groups excluding carboxylic acids is 1. The largest absolute Gasteiger partial charge is 0.366 e. The Kier molecular flexibility index (Phi) is 3.19. The molecule has 1 aromatic carbocycles. The lowest BCUT2D eigenvalue weighted by Gasteiger charge is -2.05. The second kappa shape index (κ2) is 4.78. The van der Waals surface area contributed by atoms with Crippen molar-refractivity contribution >= 4 is 5.91 Å². The Morgan fingerprint density at radius 2 is 1.94 bits per heavy atom. The Morgan fingerprint density at radius 3 is 2.59 bits per heavy atom. The smallest absolute Gasteiger partial charge is 0.250 e. The molecule has 2 aromatic rings. The zero-order chi connectivity index (χ0) is 12.3. The summed E-state index contributed by atoms with van der Waals surface area (Å²) in [5, 5.41) is 0. The lowest BCUT2D eigenvalue weighted by Crippen LogP contribution is -2.14. The Morgan fingerprint density at radius 1 is 1.24 bits per heavy atom. The van der Waals surface area contributed by atoms with Gasteiger partial charge >= 0.3 is 0 Å². The van der Waals surface area contributed by atoms with Crippen molar-refractivity contribution in [2.45, 2.75) is 13.3 Å². The molecule has 0 aliphatic carbocycles. The van der Waals surface area contributed by atoms with Crippen LogP contribution in [0, 0.1) is 6.92 Å². The summed E-state index contributed by atoms with van der Waals surface area (Å²) in [6.45, 7) is 2.04. The predicted molar refractivity (Wildman–Crippen MR) is 66.7 cm³/mol. The molecule has 0 atom stereocenters. The molecule has 0 unspecified atom stereocenters. The number of amides is 1. The zero-order valence-corrected chi connectivity index (χ0v) is 9.68. The normalized spacial score (nSPS) is 10.2. The molecule has 0 bridgehead atoms. The molecule has 2 rings (SSSR count). The average Bonchev–Trinajstić information content (AvgIpc) is 2.32. The number of aromatic nitrogens is 1. The van der Waals surface area contributed by atoms with Gasteiger partial charge in [0.15, 0.2) is 0 Å². The van der Waals surface area contributed by atoms with Crippen molar-refractivity contribution in [3.63, 3.8) is 0 Å². The first kappa shape index (κ1) is 11.3. The summed E-state index contributed by atoms with van der Waals surface area (Å²) in [6.07, 6.45) is 2.30. The number of rotatable bonds is 3. The van der Waals surface area contributed by atoms with E-state index < -0.39 is 5.91 Å². The van der Waals surface area contributed by atoms with Crippen LogP contribution in [0.2, 0.25) is 0 Å². The minimum Gasteiger partial charge on any atom is -0.366 e. The Balaban J connectivity index is 2.30. The summed E-state index contributed by atoms with van der Waals surface area (Å²) < 4.78 is 0. The lowest BCUT2D eigenvalue weighted by molar-refractivity contribution is 0.0999. The summed E-state index contributed by atoms with van der Waals surface area (Å²) in [7, 11) is 0. The molecule has 3 nitrogen and oxygen atoms in total. The van der Waals surface area contributed by atoms with Crippen LogP contribution in [0.25, 0.3) is 0 Å². The maximum absolute atomic E-state index is 11.2. The van der Waals surface area contributed by atoms with Crippen molar-refractivity contribution in [2.24, 2.45) is 5.73 Å². The van der Waals surface area contributed by atoms with Crippen molar-refractivity contribution in [2.75, 3.05) is 0 Å². The van der Waals surface area contributed by atoms with E-state index in [9.17, 15) is 4.79 Å². The Labute approximate surface area is 100 Å². The van der Waals surface area contributed by atoms with Crippen LogP contribution in [0.4, 0.5) is 0 Å². The number of carbonyl (C=O) groups is 1. The van der Waals surface area contributed by atoms with Crippen LogP contribution in [0.3, 0.4) is 0 Å². The van der Waals surface area contributed by atoms with Crippen LogP contribution in [-0.4, -0.2) is 10.9 Å². The van der Waals surface area contributed by atoms with Crippen LogP contribution >= 0.6 is 0 Å². The first-order valence-electron chi connectivity index (χ1n) is 5.46. The van der Waals surface area contributed by atoms with Gasteiger partial charge in [0, 0.05) is 12.6 Å². The zero-order valence-electron chi connectivity index (χ0n) is 9.68. The first-order chi connectivity index (χ1) is 8.16. The number of hydrogen-bond donors (Lipinski definition) is 1. The SMILES string of the molecule is Cc1ccc(Cc2ncccc2C(N)=O)cc1. The molecule has 3 heteroatoms. The van der Waals surface area contributed by atoms with E-state index >= 15 is 0 Å². The van der Waals surface area contributed by atoms with Gasteiger partial charge in [-0.3, -0.25) is 9.78 Å². The minimum absolute atomic E-state index is 0.430. The van der Waals surface area contributed by atoms with E-state index in [1.54, 1.807) is 18.3 Å². The molecule has 0 aliphatic heterocycles. The number of benzene rings is 1. The standard InChI is InChI=1S/C14H14N2O/c1-10-4-6-11(7-5-10)9-13-12(14(15)17)3-2-8-16-13/h2-8H,9H2,1H3,(H2,15,17). The van der Waals surface area contributed by atoms with Gasteiger partial charge in [-0.2, -0.15) is 0 Å². The molecular weight excluding hydrogens is 212 g/mol. The Bertz CT molecular complexity index is 532. The van der Waals surface area contributed by atoms with Gasteiger partial charge < -0.3 is 5.73 Å². The van der Waals surface area contributed by atoms with Crippen LogP contribution in [0.1, 0.15) is 27.2 Å². The van der Waals surface area contributed by atoms with Gasteiger partial charge in [-0.25, -0.2) is 0 Å². The highest BCUT2D eigenvalue weighted by atomic mass is 16.1. The van der Waals surface area contributed by atoms with Crippen LogP contribution < -0.4 is 5.73 Å². The summed E-state index contributed by atoms with van der Waals surface area (Å²) >= 11 is 0. The summed E-state index contributed by atoms with van der Waals surface area (Å²) in [5.41, 5.74) is 8.87. The molecule has 0 fully saturated rings. The second-order valence-electron chi connectivity index (χ2n) is 4.02. The molecule has 17 heavy (non-hydrogen) atoms. The number of nitrogens with zero attached hydrogens (tertiary/aromatic N) is 1. The minimum atomic E-state index is -0.430. The number of pyridine rings is 1. The molecular formula is C14H14N2O. The molecule has 1 heterocycles. The van der Waals surface area contributed by atoms with Gasteiger partial charge in [0.05, 0.1) is 11.3 Å². The third-order valence-corrected chi connectivity index (χ3v) is 2.65. The van der Waals surface area contributed by atoms with E-state index in [1.165, 1.54) is 5.56 Å². The van der Waals surface area contributed by atoms with Gasteiger partial charge in [-0.15, -0.1) is 0 Å². The van der Waals surface area contributed by atoms with Crippen molar-refractivity contribution < 1.29 is 4.79 Å². The van der Waals surface area contributed by atoms with Gasteiger partial charge in [0.2, 0.25) is 0 Å². The molecule has 2 N–H and O–H groups in total. The Hall–Kier alpha value is -2.16. The maximum atomic E-state index is 11.2. The van der Waals surface area contributed by atoms with Crippen molar-refractivity contribution in [1.82, 2.24) is 4.98 Å². The van der Waals surface area contributed by atoms with E-state index in [-0.39, 0.29) is 0 Å². The van der Waals surface area contributed by atoms with Gasteiger partial charge in [0.1, 0.15) is 0 Å². The molecule has 86 valence electrons. The lowest BCUT2D eigenvalue weighted by atomic mass is 10.0. The van der Waals surface area contributed by atoms with Crippen molar-refractivity contribution in [3.8, 4) is 0 Å². The van der Waals surface area contributed by atoms with E-state index in [4.69, 9.17) is 5.73 Å². The van der Waals surface area contributed by atoms with Crippen molar-refractivity contribution in [3.05, 3.63) is 65.0 Å². The molecule has 0 spiro atoms. The molecule has 0 aliphatic rings. The third-order valence-electron chi connectivity index (χ3n) is 2.65. The molecule has 1 aromatic heterocycles. The van der Waals surface area contributed by atoms with E-state index in [0.717, 1.165) is 11.3 Å². The average molecular weight is 226 g/mol. The molecule has 1 amide bonds. The number of aryl methyl sites for hydroxylation is 1. The second-order valence-corrected chi connectivity index (χ2v) is 4.02. The fourth-order valence-corrected chi connectivity index (χ4v) is 1.70. The predicted octanol–water partition coefficient (Wildman–Crippen LogP) is 2.08. The third kappa shape index (κ3) is 2.69. The number of primary amides is 1. The topological polar surface area (TPSA) is 56.0 Å². The maximum Gasteiger partial charge on any atom is 0.250 e. The fourth-order valence-electron chi connectivity index (χ4n) is 1.70. The van der Waals surface area contributed by atoms with E-state index in [2.05, 4.69) is 4.98 Å². The summed E-state index contributed by atoms with van der Waals surface area (Å²) in [5.74, 6) is -0.430. The van der Waals surface area contributed by atoms with Crippen molar-refractivity contribution in [1.29, 1.82) is 0 Å². The first-order valence-corrected chi connectivity index (χ1v) is 5.46. The summed E-state index contributed by atoms with van der Waals surface area (Å²) in [6, 6.07) is 11.6. The highest BCUT2D eigenvalue weighted by Crippen LogP contribution is 2.12. The molecule has 0 radical (unpaired) electrons. The number of hydrogen-bond acceptors (Lipinski definition) is 2.